The fraction of sp³-hybridized carbons (Fsp3) is 0.0588. The van der Waals surface area contributed by atoms with Crippen molar-refractivity contribution in [2.75, 3.05) is 5.73 Å². The minimum absolute atomic E-state index is 0.179. The molecule has 4 heteroatoms. The number of aryl methyl sites for hydroxylation is 1. The number of benzene rings is 2. The van der Waals surface area contributed by atoms with E-state index in [0.29, 0.717) is 11.1 Å². The number of aromatic hydroxyl groups is 1. The van der Waals surface area contributed by atoms with Gasteiger partial charge in [0.2, 0.25) is 5.88 Å². The summed E-state index contributed by atoms with van der Waals surface area (Å²) in [6, 6.07) is 13.8. The van der Waals surface area contributed by atoms with Crippen molar-refractivity contribution in [1.29, 1.82) is 0 Å². The van der Waals surface area contributed by atoms with Gasteiger partial charge in [-0.3, -0.25) is 4.57 Å². The lowest BCUT2D eigenvalue weighted by atomic mass is 10.2. The van der Waals surface area contributed by atoms with Gasteiger partial charge in [-0.2, -0.15) is 0 Å². The molecule has 0 aliphatic carbocycles. The summed E-state index contributed by atoms with van der Waals surface area (Å²) < 4.78 is 3.84. The van der Waals surface area contributed by atoms with E-state index in [0.717, 1.165) is 22.0 Å². The van der Waals surface area contributed by atoms with Crippen molar-refractivity contribution in [3.63, 3.8) is 0 Å². The van der Waals surface area contributed by atoms with Crippen LogP contribution in [-0.4, -0.2) is 14.2 Å². The highest BCUT2D eigenvalue weighted by Gasteiger charge is 2.12. The Morgan fingerprint density at radius 2 is 1.90 bits per heavy atom. The van der Waals surface area contributed by atoms with E-state index in [2.05, 4.69) is 22.8 Å². The Hall–Kier alpha value is -2.88. The Bertz CT molecular complexity index is 978. The lowest BCUT2D eigenvalue weighted by Crippen LogP contribution is -1.92. The molecule has 0 spiro atoms. The minimum atomic E-state index is 0.179. The topological polar surface area (TPSA) is 56.1 Å². The molecule has 3 N–H and O–H groups in total. The van der Waals surface area contributed by atoms with Crippen molar-refractivity contribution in [2.45, 2.75) is 0 Å². The van der Waals surface area contributed by atoms with Gasteiger partial charge in [0.05, 0.1) is 5.39 Å². The van der Waals surface area contributed by atoms with Crippen LogP contribution in [0.25, 0.3) is 27.4 Å². The van der Waals surface area contributed by atoms with Crippen LogP contribution in [0.15, 0.2) is 54.9 Å². The van der Waals surface area contributed by atoms with Crippen molar-refractivity contribution >= 4 is 27.4 Å². The summed E-state index contributed by atoms with van der Waals surface area (Å²) in [4.78, 5) is 0. The van der Waals surface area contributed by atoms with Gasteiger partial charge >= 0.3 is 0 Å². The number of nitrogens with two attached hydrogens (primary N) is 1. The SMILES string of the molecule is Cn1ccc2cc(-n3cc4cccc(N)c4c3O)ccc21. The van der Waals surface area contributed by atoms with Crippen molar-refractivity contribution in [3.8, 4) is 11.6 Å². The first-order valence-electron chi connectivity index (χ1n) is 6.79. The van der Waals surface area contributed by atoms with Crippen LogP contribution in [0.1, 0.15) is 0 Å². The highest BCUT2D eigenvalue weighted by atomic mass is 16.3. The normalized spacial score (nSPS) is 11.5. The second kappa shape index (κ2) is 4.06. The standard InChI is InChI=1S/C17H15N3O/c1-19-8-7-11-9-13(5-6-15(11)19)20-10-12-3-2-4-14(18)16(12)17(20)21/h2-10,21H,18H2,1H3. The molecule has 104 valence electrons. The third-order valence-corrected chi connectivity index (χ3v) is 4.00. The Morgan fingerprint density at radius 1 is 1.05 bits per heavy atom. The molecule has 0 aliphatic rings. The zero-order valence-electron chi connectivity index (χ0n) is 11.6. The fourth-order valence-electron chi connectivity index (χ4n) is 2.89. The molecule has 0 amide bonds. The third-order valence-electron chi connectivity index (χ3n) is 4.00. The molecule has 2 aromatic heterocycles. The van der Waals surface area contributed by atoms with Crippen molar-refractivity contribution < 1.29 is 5.11 Å². The number of nitrogens with zero attached hydrogens (tertiary/aromatic N) is 2. The van der Waals surface area contributed by atoms with E-state index in [1.165, 1.54) is 0 Å². The van der Waals surface area contributed by atoms with Crippen molar-refractivity contribution in [2.24, 2.45) is 7.05 Å². The van der Waals surface area contributed by atoms with Crippen LogP contribution in [0.4, 0.5) is 5.69 Å². The molecule has 0 saturated heterocycles. The molecule has 4 aromatic rings. The van der Waals surface area contributed by atoms with Gasteiger partial charge in [0, 0.05) is 47.1 Å². The van der Waals surface area contributed by atoms with Gasteiger partial charge in [-0.1, -0.05) is 12.1 Å². The van der Waals surface area contributed by atoms with Gasteiger partial charge in [-0.15, -0.1) is 0 Å². The lowest BCUT2D eigenvalue weighted by molar-refractivity contribution is 0.448. The number of anilines is 1. The number of fused-ring (bicyclic) bond motifs is 2. The van der Waals surface area contributed by atoms with E-state index < -0.39 is 0 Å². The summed E-state index contributed by atoms with van der Waals surface area (Å²) in [5.74, 6) is 0.179. The Balaban J connectivity index is 1.99. The van der Waals surface area contributed by atoms with Crippen molar-refractivity contribution in [3.05, 3.63) is 54.9 Å². The second-order valence-electron chi connectivity index (χ2n) is 5.30. The van der Waals surface area contributed by atoms with Gasteiger partial charge in [0.25, 0.3) is 0 Å². The first-order chi connectivity index (χ1) is 10.1. The van der Waals surface area contributed by atoms with Crippen LogP contribution in [0, 0.1) is 0 Å². The molecule has 2 heterocycles. The van der Waals surface area contributed by atoms with Gasteiger partial charge in [-0.05, 0) is 30.3 Å². The van der Waals surface area contributed by atoms with E-state index in [4.69, 9.17) is 5.73 Å². The van der Waals surface area contributed by atoms with Crippen LogP contribution >= 0.6 is 0 Å². The molecule has 4 nitrogen and oxygen atoms in total. The number of hydrogen-bond donors (Lipinski definition) is 2. The van der Waals surface area contributed by atoms with Crippen LogP contribution in [0.5, 0.6) is 5.88 Å². The van der Waals surface area contributed by atoms with E-state index in [1.807, 2.05) is 37.6 Å². The maximum atomic E-state index is 10.5. The number of hydrogen-bond acceptors (Lipinski definition) is 2. The maximum Gasteiger partial charge on any atom is 0.205 e. The molecule has 0 unspecified atom stereocenters. The summed E-state index contributed by atoms with van der Waals surface area (Å²) >= 11 is 0. The monoisotopic (exact) mass is 277 g/mol. The van der Waals surface area contributed by atoms with Gasteiger partial charge in [0.15, 0.2) is 0 Å². The minimum Gasteiger partial charge on any atom is -0.494 e. The molecule has 0 aliphatic heterocycles. The maximum absolute atomic E-state index is 10.5. The molecule has 0 bridgehead atoms. The largest absolute Gasteiger partial charge is 0.494 e. The van der Waals surface area contributed by atoms with E-state index in [-0.39, 0.29) is 5.88 Å². The quantitative estimate of drug-likeness (QED) is 0.524. The number of rotatable bonds is 1. The summed E-state index contributed by atoms with van der Waals surface area (Å²) in [5.41, 5.74) is 8.63. The molecule has 2 aromatic carbocycles. The van der Waals surface area contributed by atoms with Gasteiger partial charge in [0.1, 0.15) is 0 Å². The van der Waals surface area contributed by atoms with Gasteiger partial charge < -0.3 is 15.4 Å². The Morgan fingerprint density at radius 3 is 2.71 bits per heavy atom. The zero-order valence-corrected chi connectivity index (χ0v) is 11.6. The Kier molecular flexibility index (Phi) is 2.30. The number of aromatic nitrogens is 2. The summed E-state index contributed by atoms with van der Waals surface area (Å²) in [6.07, 6.45) is 3.93. The molecular formula is C17H15N3O. The molecule has 0 radical (unpaired) electrons. The predicted octanol–water partition coefficient (Wildman–Crippen LogP) is 3.41. The first-order valence-corrected chi connectivity index (χ1v) is 6.79. The molecule has 0 saturated carbocycles. The molecule has 4 rings (SSSR count). The van der Waals surface area contributed by atoms with Crippen LogP contribution in [0.3, 0.4) is 0 Å². The number of nitrogen functional groups attached to an aromatic ring is 1. The highest BCUT2D eigenvalue weighted by molar-refractivity contribution is 5.98. The second-order valence-corrected chi connectivity index (χ2v) is 5.30. The smallest absolute Gasteiger partial charge is 0.205 e. The molecule has 0 atom stereocenters. The van der Waals surface area contributed by atoms with Crippen LogP contribution < -0.4 is 5.73 Å². The average molecular weight is 277 g/mol. The lowest BCUT2D eigenvalue weighted by Gasteiger charge is -2.06. The van der Waals surface area contributed by atoms with Crippen LogP contribution in [0.2, 0.25) is 0 Å². The molecule has 0 fully saturated rings. The van der Waals surface area contributed by atoms with E-state index >= 15 is 0 Å². The predicted molar refractivity (Wildman–Crippen MR) is 85.8 cm³/mol. The summed E-state index contributed by atoms with van der Waals surface area (Å²) in [5, 5.41) is 13.2. The van der Waals surface area contributed by atoms with Gasteiger partial charge in [-0.25, -0.2) is 0 Å². The van der Waals surface area contributed by atoms with E-state index in [9.17, 15) is 5.11 Å². The van der Waals surface area contributed by atoms with Crippen molar-refractivity contribution in [1.82, 2.24) is 9.13 Å². The zero-order chi connectivity index (χ0) is 14.6. The summed E-state index contributed by atoms with van der Waals surface area (Å²) in [7, 11) is 2.02. The highest BCUT2D eigenvalue weighted by Crippen LogP contribution is 2.34. The third kappa shape index (κ3) is 1.62. The first kappa shape index (κ1) is 11.9. The molecule has 21 heavy (non-hydrogen) atoms. The Labute approximate surface area is 121 Å². The van der Waals surface area contributed by atoms with E-state index in [1.54, 1.807) is 10.6 Å². The fourth-order valence-corrected chi connectivity index (χ4v) is 2.89. The molecular weight excluding hydrogens is 262 g/mol. The van der Waals surface area contributed by atoms with Crippen LogP contribution in [-0.2, 0) is 7.05 Å². The average Bonchev–Trinajstić information content (AvgIpc) is 3.01. The summed E-state index contributed by atoms with van der Waals surface area (Å²) in [6.45, 7) is 0.